The van der Waals surface area contributed by atoms with Gasteiger partial charge in [0.15, 0.2) is 29.8 Å². The number of carboxylic acid groups (broad SMARTS) is 2. The summed E-state index contributed by atoms with van der Waals surface area (Å²) in [6.07, 6.45) is 2.04. The van der Waals surface area contributed by atoms with Crippen LogP contribution in [0.1, 0.15) is 26.5 Å². The van der Waals surface area contributed by atoms with Gasteiger partial charge >= 0.3 is 18.0 Å². The van der Waals surface area contributed by atoms with E-state index in [4.69, 9.17) is 15.3 Å². The maximum absolute atomic E-state index is 15.3. The van der Waals surface area contributed by atoms with Crippen LogP contribution in [-0.4, -0.2) is 104 Å². The van der Waals surface area contributed by atoms with Gasteiger partial charge < -0.3 is 36.2 Å². The zero-order valence-corrected chi connectivity index (χ0v) is 31.0. The summed E-state index contributed by atoms with van der Waals surface area (Å²) >= 11 is 2.23. The number of anilines is 2. The van der Waals surface area contributed by atoms with Crippen LogP contribution in [0, 0.1) is 5.82 Å². The molecule has 288 valence electrons. The monoisotopic (exact) mass is 797 g/mol. The second-order valence-electron chi connectivity index (χ2n) is 13.0. The number of halogens is 1. The average Bonchev–Trinajstić information content (AvgIpc) is 3.74. The Morgan fingerprint density at radius 2 is 1.91 bits per heavy atom. The van der Waals surface area contributed by atoms with E-state index in [1.54, 1.807) is 35.2 Å². The van der Waals surface area contributed by atoms with Crippen molar-refractivity contribution in [2.24, 2.45) is 5.16 Å². The van der Waals surface area contributed by atoms with Crippen LogP contribution in [-0.2, 0) is 40.1 Å². The van der Waals surface area contributed by atoms with Crippen LogP contribution in [0.5, 0.6) is 0 Å². The molecule has 3 aromatic rings. The number of nitrogens with one attached hydrogen (secondary N) is 2. The van der Waals surface area contributed by atoms with E-state index in [9.17, 15) is 39.0 Å². The van der Waals surface area contributed by atoms with Gasteiger partial charge in [0.25, 0.3) is 11.8 Å². The van der Waals surface area contributed by atoms with E-state index in [-0.39, 0.29) is 59.1 Å². The molecule has 3 aliphatic heterocycles. The third kappa shape index (κ3) is 8.06. The Morgan fingerprint density at radius 3 is 2.53 bits per heavy atom. The molecule has 3 aliphatic rings. The van der Waals surface area contributed by atoms with Crippen LogP contribution in [0.25, 0.3) is 11.1 Å². The fourth-order valence-corrected chi connectivity index (χ4v) is 7.66. The Bertz CT molecular complexity index is 2160. The van der Waals surface area contributed by atoms with Crippen LogP contribution in [0.15, 0.2) is 64.5 Å². The van der Waals surface area contributed by atoms with Crippen molar-refractivity contribution in [3.05, 3.63) is 70.9 Å². The highest BCUT2D eigenvalue weighted by Gasteiger charge is 2.55. The zero-order chi connectivity index (χ0) is 39.8. The number of thioether (sulfide) groups is 1. The highest BCUT2D eigenvalue weighted by atomic mass is 32.2. The largest absolute Gasteiger partial charge is 0.478 e. The molecule has 6 N–H and O–H groups in total. The number of hydrogen-bond acceptors (Lipinski definition) is 13. The quantitative estimate of drug-likeness (QED) is 0.0710. The van der Waals surface area contributed by atoms with Gasteiger partial charge in [0.05, 0.1) is 18.8 Å². The summed E-state index contributed by atoms with van der Waals surface area (Å²) in [7, 11) is 0. The maximum Gasteiger partial charge on any atom is 0.414 e. The molecule has 2 saturated heterocycles. The molecule has 55 heavy (non-hydrogen) atoms. The summed E-state index contributed by atoms with van der Waals surface area (Å²) in [5, 5.41) is 29.2. The highest BCUT2D eigenvalue weighted by Crippen LogP contribution is 2.40. The number of carbonyl (C=O) groups excluding carboxylic acids is 4. The van der Waals surface area contributed by atoms with Crippen molar-refractivity contribution in [1.82, 2.24) is 20.5 Å². The molecular weight excluding hydrogens is 764 g/mol. The van der Waals surface area contributed by atoms with Gasteiger partial charge in [-0.3, -0.25) is 24.2 Å². The number of nitrogens with two attached hydrogens (primary N) is 1. The molecule has 2 aromatic heterocycles. The van der Waals surface area contributed by atoms with Crippen LogP contribution in [0.2, 0.25) is 0 Å². The van der Waals surface area contributed by atoms with Crippen LogP contribution in [0.3, 0.4) is 0 Å². The molecule has 2 fully saturated rings. The fraction of sp³-hybridized carbons (Fsp3) is 0.324. The summed E-state index contributed by atoms with van der Waals surface area (Å²) in [5.74, 6) is -4.96. The minimum Gasteiger partial charge on any atom is -0.478 e. The summed E-state index contributed by atoms with van der Waals surface area (Å²) in [5.41, 5.74) is 4.70. The minimum atomic E-state index is -1.80. The molecule has 0 aliphatic carbocycles. The Labute approximate surface area is 319 Å². The predicted octanol–water partition coefficient (Wildman–Crippen LogP) is 1.30. The average molecular weight is 798 g/mol. The summed E-state index contributed by atoms with van der Waals surface area (Å²) in [4.78, 5) is 85.9. The van der Waals surface area contributed by atoms with Crippen molar-refractivity contribution in [2.75, 3.05) is 29.5 Å². The van der Waals surface area contributed by atoms with Crippen LogP contribution < -0.4 is 25.8 Å². The van der Waals surface area contributed by atoms with Crippen LogP contribution in [0.4, 0.5) is 20.0 Å². The number of ether oxygens (including phenoxy) is 1. The van der Waals surface area contributed by atoms with Crippen molar-refractivity contribution in [2.45, 2.75) is 50.4 Å². The van der Waals surface area contributed by atoms with E-state index in [0.29, 0.717) is 11.1 Å². The minimum absolute atomic E-state index is 0.0136. The van der Waals surface area contributed by atoms with Crippen molar-refractivity contribution >= 4 is 75.4 Å². The van der Waals surface area contributed by atoms with Gasteiger partial charge in [-0.25, -0.2) is 28.3 Å². The molecule has 0 spiro atoms. The number of aromatic nitrogens is 2. The lowest BCUT2D eigenvalue weighted by atomic mass is 10.0. The third-order valence-electron chi connectivity index (χ3n) is 8.69. The lowest BCUT2D eigenvalue weighted by Gasteiger charge is -2.49. The first-order chi connectivity index (χ1) is 26.0. The Morgan fingerprint density at radius 1 is 1.18 bits per heavy atom. The molecule has 0 saturated carbocycles. The molecule has 0 radical (unpaired) electrons. The molecule has 4 amide bonds. The number of oxime groups is 1. The Balaban J connectivity index is 1.13. The number of amides is 4. The van der Waals surface area contributed by atoms with Gasteiger partial charge in [-0.1, -0.05) is 5.16 Å². The van der Waals surface area contributed by atoms with E-state index in [2.05, 4.69) is 20.8 Å². The number of pyridine rings is 1. The number of carbonyl (C=O) groups is 6. The molecule has 1 aromatic carbocycles. The number of nitrogens with zero attached hydrogens (tertiary/aromatic N) is 5. The highest BCUT2D eigenvalue weighted by molar-refractivity contribution is 8.00. The van der Waals surface area contributed by atoms with E-state index in [0.717, 1.165) is 16.2 Å². The van der Waals surface area contributed by atoms with Gasteiger partial charge in [0.2, 0.25) is 11.5 Å². The van der Waals surface area contributed by atoms with E-state index >= 15 is 4.39 Å². The summed E-state index contributed by atoms with van der Waals surface area (Å²) < 4.78 is 22.3. The Hall–Kier alpha value is -6.09. The number of benzene rings is 1. The first-order valence-corrected chi connectivity index (χ1v) is 18.4. The van der Waals surface area contributed by atoms with Gasteiger partial charge in [0.1, 0.15) is 34.7 Å². The predicted molar refractivity (Wildman–Crippen MR) is 194 cm³/mol. The first-order valence-electron chi connectivity index (χ1n) is 16.5. The second kappa shape index (κ2) is 15.3. The molecule has 6 rings (SSSR count). The molecule has 1 unspecified atom stereocenters. The van der Waals surface area contributed by atoms with E-state index in [1.165, 1.54) is 54.9 Å². The molecule has 5 heterocycles. The van der Waals surface area contributed by atoms with Crippen LogP contribution >= 0.6 is 23.1 Å². The number of fused-ring (bicyclic) bond motifs is 1. The van der Waals surface area contributed by atoms with Gasteiger partial charge in [0, 0.05) is 41.3 Å². The molecule has 18 nitrogen and oxygen atoms in total. The zero-order valence-electron chi connectivity index (χ0n) is 29.3. The SMILES string of the molecule is CC(=O)NC[C@H]1CN(c2ccc(-c3cc[n+](CC4=C(C(=O)O)N5C(=O)[C@@H](NC(=O)/C(=N\OC(C)(C)C(=O)O)c6csc(N)n6)C5SC4)cc3)c(F)c2)C(=O)O1. The summed E-state index contributed by atoms with van der Waals surface area (Å²) in [6.45, 7) is 4.15. The standard InChI is InChI=1S/C34H33FN8O10S2/c1-16(44)37-11-20-13-42(33(51)52-20)19-4-5-21(22(35)10-19)17-6-8-41(9-7-17)12-18-14-54-29-25(28(46)43(29)26(18)30(47)48)39-27(45)24(23-15-55-32(36)38-23)40-53-34(2,3)31(49)50/h4-10,15,20,25,29H,11-14H2,1-3H3,(H5-,36,37,38,39,44,45,47,48,49,50)/p+1/b40-24-/t20-,25+,29?/m0/s1. The third-order valence-corrected chi connectivity index (χ3v) is 10.7. The van der Waals surface area contributed by atoms with Crippen molar-refractivity contribution < 1.29 is 57.5 Å². The van der Waals surface area contributed by atoms with Gasteiger partial charge in [-0.05, 0) is 37.6 Å². The number of nitrogen functional groups attached to an aromatic ring is 1. The van der Waals surface area contributed by atoms with Crippen molar-refractivity contribution in [3.8, 4) is 11.1 Å². The molecule has 3 atom stereocenters. The number of rotatable bonds is 13. The molecule has 0 bridgehead atoms. The number of aliphatic carboxylic acids is 2. The normalized spacial score (nSPS) is 19.7. The van der Waals surface area contributed by atoms with Crippen molar-refractivity contribution in [3.63, 3.8) is 0 Å². The smallest absolute Gasteiger partial charge is 0.414 e. The summed E-state index contributed by atoms with van der Waals surface area (Å²) in [6, 6.07) is 6.46. The van der Waals surface area contributed by atoms with Crippen molar-refractivity contribution in [1.29, 1.82) is 0 Å². The molecule has 21 heteroatoms. The lowest BCUT2D eigenvalue weighted by molar-refractivity contribution is -0.689. The maximum atomic E-state index is 15.3. The van der Waals surface area contributed by atoms with Gasteiger partial charge in [-0.15, -0.1) is 23.1 Å². The fourth-order valence-electron chi connectivity index (χ4n) is 5.78. The first kappa shape index (κ1) is 38.6. The lowest BCUT2D eigenvalue weighted by Crippen LogP contribution is -2.71. The van der Waals surface area contributed by atoms with Gasteiger partial charge in [-0.2, -0.15) is 0 Å². The number of β-lactam (4-membered cyclic amide) rings is 1. The van der Waals surface area contributed by atoms with E-state index in [1.807, 2.05) is 0 Å². The number of cyclic esters (lactones) is 1. The molecular formula is C34H34FN8O10S2+. The number of hydrogen-bond donors (Lipinski definition) is 5. The number of carboxylic acids is 2. The Kier molecular flexibility index (Phi) is 10.8. The second-order valence-corrected chi connectivity index (χ2v) is 15.0. The topological polar surface area (TPSA) is 247 Å². The van der Waals surface area contributed by atoms with E-state index < -0.39 is 64.5 Å². The number of thiazole rings is 1.